The zero-order valence-corrected chi connectivity index (χ0v) is 12.5. The molecule has 0 atom stereocenters. The molecule has 0 spiro atoms. The van der Waals surface area contributed by atoms with E-state index in [0.29, 0.717) is 11.7 Å². The van der Waals surface area contributed by atoms with Crippen LogP contribution in [-0.4, -0.2) is 10.1 Å². The second-order valence-corrected chi connectivity index (χ2v) is 6.56. The second kappa shape index (κ2) is 4.79. The van der Waals surface area contributed by atoms with Crippen molar-refractivity contribution in [2.24, 2.45) is 0 Å². The van der Waals surface area contributed by atoms with Gasteiger partial charge in [0.1, 0.15) is 0 Å². The summed E-state index contributed by atoms with van der Waals surface area (Å²) in [6.45, 7) is 1.95. The molecule has 19 heavy (non-hydrogen) atoms. The first-order valence-corrected chi connectivity index (χ1v) is 7.20. The molecule has 0 fully saturated rings. The van der Waals surface area contributed by atoms with Gasteiger partial charge in [-0.3, -0.25) is 0 Å². The third-order valence-corrected chi connectivity index (χ3v) is 4.36. The largest absolute Gasteiger partial charge is 0.399 e. The van der Waals surface area contributed by atoms with Gasteiger partial charge < -0.3 is 10.3 Å². The van der Waals surface area contributed by atoms with Crippen LogP contribution in [0.15, 0.2) is 38.6 Å². The van der Waals surface area contributed by atoms with E-state index in [9.17, 15) is 0 Å². The monoisotopic (exact) mass is 335 g/mol. The van der Waals surface area contributed by atoms with Gasteiger partial charge in [0.25, 0.3) is 5.89 Å². The van der Waals surface area contributed by atoms with Crippen LogP contribution in [0.2, 0.25) is 0 Å². The summed E-state index contributed by atoms with van der Waals surface area (Å²) in [5.74, 6) is 1.10. The minimum absolute atomic E-state index is 0.502. The van der Waals surface area contributed by atoms with Crippen LogP contribution < -0.4 is 5.73 Å². The van der Waals surface area contributed by atoms with Crippen molar-refractivity contribution in [3.05, 3.63) is 39.7 Å². The lowest BCUT2D eigenvalue weighted by atomic mass is 10.1. The highest BCUT2D eigenvalue weighted by Gasteiger charge is 2.12. The van der Waals surface area contributed by atoms with Crippen LogP contribution in [0.4, 0.5) is 5.69 Å². The van der Waals surface area contributed by atoms with Crippen molar-refractivity contribution in [3.63, 3.8) is 0 Å². The van der Waals surface area contributed by atoms with Gasteiger partial charge in [-0.1, -0.05) is 5.16 Å². The number of thiophene rings is 1. The van der Waals surface area contributed by atoms with Crippen molar-refractivity contribution >= 4 is 33.0 Å². The minimum atomic E-state index is 0.502. The normalized spacial score (nSPS) is 10.8. The van der Waals surface area contributed by atoms with Crippen molar-refractivity contribution in [2.45, 2.75) is 6.92 Å². The molecule has 6 heteroatoms. The molecule has 0 amide bonds. The van der Waals surface area contributed by atoms with Gasteiger partial charge in [-0.2, -0.15) is 4.98 Å². The fourth-order valence-corrected chi connectivity index (χ4v) is 3.00. The lowest BCUT2D eigenvalue weighted by molar-refractivity contribution is 0.432. The zero-order valence-electron chi connectivity index (χ0n) is 10.1. The summed E-state index contributed by atoms with van der Waals surface area (Å²) in [5.41, 5.74) is 8.42. The molecule has 4 nitrogen and oxygen atoms in total. The van der Waals surface area contributed by atoms with Crippen LogP contribution in [0.1, 0.15) is 5.56 Å². The maximum Gasteiger partial charge on any atom is 0.258 e. The molecule has 2 aromatic heterocycles. The number of hydrogen-bond donors (Lipinski definition) is 1. The molecule has 3 rings (SSSR count). The van der Waals surface area contributed by atoms with E-state index in [2.05, 4.69) is 26.1 Å². The summed E-state index contributed by atoms with van der Waals surface area (Å²) in [5, 5.41) is 4.00. The van der Waals surface area contributed by atoms with Gasteiger partial charge in [0.05, 0.1) is 8.66 Å². The third kappa shape index (κ3) is 2.41. The van der Waals surface area contributed by atoms with Crippen molar-refractivity contribution in [1.82, 2.24) is 10.1 Å². The number of aromatic nitrogens is 2. The van der Waals surface area contributed by atoms with Gasteiger partial charge in [-0.25, -0.2) is 0 Å². The Labute approximate surface area is 122 Å². The van der Waals surface area contributed by atoms with Crippen LogP contribution in [0.3, 0.4) is 0 Å². The van der Waals surface area contributed by atoms with E-state index < -0.39 is 0 Å². The van der Waals surface area contributed by atoms with Gasteiger partial charge in [-0.05, 0) is 58.7 Å². The first-order chi connectivity index (χ1) is 9.13. The topological polar surface area (TPSA) is 64.9 Å². The van der Waals surface area contributed by atoms with Crippen LogP contribution in [0, 0.1) is 6.92 Å². The molecule has 0 radical (unpaired) electrons. The molecule has 1 aromatic carbocycles. The number of nitrogen functional groups attached to an aromatic ring is 1. The highest BCUT2D eigenvalue weighted by Crippen LogP contribution is 2.31. The molecule has 2 heterocycles. The van der Waals surface area contributed by atoms with Crippen molar-refractivity contribution in [1.29, 1.82) is 0 Å². The maximum absolute atomic E-state index is 5.80. The number of nitrogens with zero attached hydrogens (tertiary/aromatic N) is 2. The smallest absolute Gasteiger partial charge is 0.258 e. The molecular formula is C13H10BrN3OS. The molecule has 0 aliphatic heterocycles. The molecular weight excluding hydrogens is 326 g/mol. The van der Waals surface area contributed by atoms with Crippen LogP contribution in [-0.2, 0) is 0 Å². The van der Waals surface area contributed by atoms with Gasteiger partial charge in [-0.15, -0.1) is 11.3 Å². The molecule has 0 aliphatic carbocycles. The average Bonchev–Trinajstić information content (AvgIpc) is 3.01. The fraction of sp³-hybridized carbons (Fsp3) is 0.0769. The maximum atomic E-state index is 5.80. The summed E-state index contributed by atoms with van der Waals surface area (Å²) in [7, 11) is 0. The zero-order chi connectivity index (χ0) is 13.4. The Morgan fingerprint density at radius 3 is 2.79 bits per heavy atom. The van der Waals surface area contributed by atoms with Crippen LogP contribution in [0.25, 0.3) is 22.2 Å². The lowest BCUT2D eigenvalue weighted by Crippen LogP contribution is -1.89. The Morgan fingerprint density at radius 1 is 1.26 bits per heavy atom. The van der Waals surface area contributed by atoms with E-state index in [-0.39, 0.29) is 0 Å². The standard InChI is InChI=1S/C13H10BrN3OS/c1-7-6-8(2-3-9(7)15)13-16-12(17-18-13)10-4-5-11(14)19-10/h2-6H,15H2,1H3. The number of anilines is 1. The molecule has 0 aliphatic rings. The summed E-state index contributed by atoms with van der Waals surface area (Å²) in [4.78, 5) is 5.37. The molecule has 0 saturated carbocycles. The van der Waals surface area contributed by atoms with Gasteiger partial charge in [0.2, 0.25) is 5.82 Å². The first kappa shape index (κ1) is 12.4. The van der Waals surface area contributed by atoms with Crippen molar-refractivity contribution in [2.75, 3.05) is 5.73 Å². The quantitative estimate of drug-likeness (QED) is 0.715. The Balaban J connectivity index is 1.98. The number of hydrogen-bond acceptors (Lipinski definition) is 5. The van der Waals surface area contributed by atoms with E-state index in [1.54, 1.807) is 11.3 Å². The van der Waals surface area contributed by atoms with E-state index in [4.69, 9.17) is 10.3 Å². The molecule has 3 aromatic rings. The third-order valence-electron chi connectivity index (χ3n) is 2.74. The molecule has 2 N–H and O–H groups in total. The summed E-state index contributed by atoms with van der Waals surface area (Å²) < 4.78 is 6.34. The Morgan fingerprint density at radius 2 is 2.11 bits per heavy atom. The minimum Gasteiger partial charge on any atom is -0.399 e. The summed E-state index contributed by atoms with van der Waals surface area (Å²) in [6, 6.07) is 9.58. The number of halogens is 1. The number of nitrogens with two attached hydrogens (primary N) is 1. The number of aryl methyl sites for hydroxylation is 1. The van der Waals surface area contributed by atoms with Gasteiger partial charge in [0, 0.05) is 11.3 Å². The first-order valence-electron chi connectivity index (χ1n) is 5.59. The summed E-state index contributed by atoms with van der Waals surface area (Å²) >= 11 is 4.98. The van der Waals surface area contributed by atoms with Crippen molar-refractivity contribution < 1.29 is 4.52 Å². The second-order valence-electron chi connectivity index (χ2n) is 4.10. The Hall–Kier alpha value is -1.66. The van der Waals surface area contributed by atoms with E-state index in [1.807, 2.05) is 37.3 Å². The number of benzene rings is 1. The fourth-order valence-electron chi connectivity index (χ4n) is 1.68. The van der Waals surface area contributed by atoms with Gasteiger partial charge >= 0.3 is 0 Å². The molecule has 0 saturated heterocycles. The van der Waals surface area contributed by atoms with E-state index in [0.717, 1.165) is 25.5 Å². The van der Waals surface area contributed by atoms with Crippen LogP contribution >= 0.6 is 27.3 Å². The van der Waals surface area contributed by atoms with Gasteiger partial charge in [0.15, 0.2) is 0 Å². The SMILES string of the molecule is Cc1cc(-c2nc(-c3ccc(Br)s3)no2)ccc1N. The van der Waals surface area contributed by atoms with E-state index >= 15 is 0 Å². The predicted molar refractivity (Wildman–Crippen MR) is 79.9 cm³/mol. The van der Waals surface area contributed by atoms with Crippen LogP contribution in [0.5, 0.6) is 0 Å². The predicted octanol–water partition coefficient (Wildman–Crippen LogP) is 4.12. The Bertz CT molecular complexity index is 735. The summed E-state index contributed by atoms with van der Waals surface area (Å²) in [6.07, 6.45) is 0. The number of rotatable bonds is 2. The average molecular weight is 336 g/mol. The Kier molecular flexibility index (Phi) is 3.12. The van der Waals surface area contributed by atoms with E-state index in [1.165, 1.54) is 0 Å². The molecule has 0 bridgehead atoms. The molecule has 0 unspecified atom stereocenters. The highest BCUT2D eigenvalue weighted by molar-refractivity contribution is 9.11. The lowest BCUT2D eigenvalue weighted by Gasteiger charge is -2.00. The molecule has 96 valence electrons. The highest BCUT2D eigenvalue weighted by atomic mass is 79.9. The van der Waals surface area contributed by atoms with Crippen molar-refractivity contribution in [3.8, 4) is 22.2 Å².